The molecule has 1 atom stereocenters. The molecule has 0 aromatic heterocycles. The first-order chi connectivity index (χ1) is 8.06. The number of benzene rings is 1. The largest absolute Gasteiger partial charge is 0.496 e. The number of carbonyl (C=O) groups is 1. The van der Waals surface area contributed by atoms with Crippen molar-refractivity contribution in [2.75, 3.05) is 13.7 Å². The molecule has 1 aromatic rings. The third kappa shape index (κ3) is 3.75. The van der Waals surface area contributed by atoms with Gasteiger partial charge in [-0.2, -0.15) is 0 Å². The zero-order valence-electron chi connectivity index (χ0n) is 10.4. The van der Waals surface area contributed by atoms with Crippen molar-refractivity contribution >= 4 is 5.97 Å². The quantitative estimate of drug-likeness (QED) is 0.795. The summed E-state index contributed by atoms with van der Waals surface area (Å²) in [4.78, 5) is 11.3. The van der Waals surface area contributed by atoms with E-state index in [1.54, 1.807) is 19.2 Å². The lowest BCUT2D eigenvalue weighted by atomic mass is 10.0. The van der Waals surface area contributed by atoms with Crippen LogP contribution in [0, 0.1) is 5.92 Å². The number of nitrogens with one attached hydrogen (secondary N) is 1. The van der Waals surface area contributed by atoms with Gasteiger partial charge in [-0.3, -0.25) is 4.79 Å². The lowest BCUT2D eigenvalue weighted by Gasteiger charge is -2.18. The Hall–Kier alpha value is -1.55. The van der Waals surface area contributed by atoms with E-state index in [0.29, 0.717) is 23.8 Å². The molecule has 17 heavy (non-hydrogen) atoms. The van der Waals surface area contributed by atoms with Gasteiger partial charge < -0.3 is 15.2 Å². The lowest BCUT2D eigenvalue weighted by Crippen LogP contribution is -2.31. The summed E-state index contributed by atoms with van der Waals surface area (Å²) < 4.78 is 5.18. The third-order valence-electron chi connectivity index (χ3n) is 2.43. The second-order valence-corrected chi connectivity index (χ2v) is 4.32. The molecule has 1 aromatic carbocycles. The standard InChI is InChI=1S/C13H19NO3/c1-9(2)8-14-12(13(15)16)10-6-4-5-7-11(10)17-3/h4-7,9,12,14H,8H2,1-3H3,(H,15,16). The summed E-state index contributed by atoms with van der Waals surface area (Å²) in [6, 6.07) is 6.44. The second kappa shape index (κ2) is 6.25. The molecule has 0 bridgehead atoms. The molecule has 4 heteroatoms. The van der Waals surface area contributed by atoms with Crippen molar-refractivity contribution in [2.24, 2.45) is 5.92 Å². The highest BCUT2D eigenvalue weighted by Crippen LogP contribution is 2.25. The van der Waals surface area contributed by atoms with Crippen LogP contribution in [0.3, 0.4) is 0 Å². The van der Waals surface area contributed by atoms with Crippen LogP contribution in [0.1, 0.15) is 25.5 Å². The normalized spacial score (nSPS) is 12.5. The monoisotopic (exact) mass is 237 g/mol. The molecule has 0 aliphatic carbocycles. The lowest BCUT2D eigenvalue weighted by molar-refractivity contribution is -0.139. The predicted octanol–water partition coefficient (Wildman–Crippen LogP) is 2.07. The van der Waals surface area contributed by atoms with E-state index in [2.05, 4.69) is 5.32 Å². The molecule has 1 rings (SSSR count). The second-order valence-electron chi connectivity index (χ2n) is 4.32. The number of rotatable bonds is 6. The van der Waals surface area contributed by atoms with Gasteiger partial charge in [0.1, 0.15) is 11.8 Å². The van der Waals surface area contributed by atoms with E-state index in [1.165, 1.54) is 0 Å². The molecule has 94 valence electrons. The molecule has 0 saturated heterocycles. The molecule has 0 heterocycles. The zero-order chi connectivity index (χ0) is 12.8. The number of hydrogen-bond acceptors (Lipinski definition) is 3. The van der Waals surface area contributed by atoms with Gasteiger partial charge in [0.25, 0.3) is 0 Å². The molecule has 0 aliphatic rings. The van der Waals surface area contributed by atoms with E-state index in [9.17, 15) is 9.90 Å². The zero-order valence-corrected chi connectivity index (χ0v) is 10.4. The maximum atomic E-state index is 11.3. The molecule has 0 fully saturated rings. The molecule has 0 saturated carbocycles. The molecule has 0 radical (unpaired) electrons. The fraction of sp³-hybridized carbons (Fsp3) is 0.462. The molecule has 0 amide bonds. The first-order valence-electron chi connectivity index (χ1n) is 5.65. The van der Waals surface area contributed by atoms with Gasteiger partial charge in [0.15, 0.2) is 0 Å². The van der Waals surface area contributed by atoms with Crippen molar-refractivity contribution in [3.63, 3.8) is 0 Å². The van der Waals surface area contributed by atoms with E-state index in [0.717, 1.165) is 0 Å². The average molecular weight is 237 g/mol. The topological polar surface area (TPSA) is 58.6 Å². The smallest absolute Gasteiger partial charge is 0.325 e. The summed E-state index contributed by atoms with van der Waals surface area (Å²) in [7, 11) is 1.54. The van der Waals surface area contributed by atoms with Crippen molar-refractivity contribution in [1.29, 1.82) is 0 Å². The van der Waals surface area contributed by atoms with Gasteiger partial charge in [-0.15, -0.1) is 0 Å². The van der Waals surface area contributed by atoms with Crippen LogP contribution in [0.2, 0.25) is 0 Å². The summed E-state index contributed by atoms with van der Waals surface area (Å²) in [6.45, 7) is 4.72. The highest BCUT2D eigenvalue weighted by molar-refractivity contribution is 5.76. The Morgan fingerprint density at radius 1 is 1.41 bits per heavy atom. The van der Waals surface area contributed by atoms with Crippen LogP contribution in [0.15, 0.2) is 24.3 Å². The summed E-state index contributed by atoms with van der Waals surface area (Å²) in [5, 5.41) is 12.3. The Labute approximate surface area is 102 Å². The van der Waals surface area contributed by atoms with Gasteiger partial charge in [-0.1, -0.05) is 32.0 Å². The Balaban J connectivity index is 2.93. The third-order valence-corrected chi connectivity index (χ3v) is 2.43. The highest BCUT2D eigenvalue weighted by atomic mass is 16.5. The molecular weight excluding hydrogens is 218 g/mol. The first-order valence-corrected chi connectivity index (χ1v) is 5.65. The van der Waals surface area contributed by atoms with Crippen LogP contribution >= 0.6 is 0 Å². The van der Waals surface area contributed by atoms with Crippen LogP contribution in [0.5, 0.6) is 5.75 Å². The van der Waals surface area contributed by atoms with Crippen LogP contribution in [-0.2, 0) is 4.79 Å². The minimum absolute atomic E-state index is 0.395. The number of ether oxygens (including phenoxy) is 1. The SMILES string of the molecule is COc1ccccc1C(NCC(C)C)C(=O)O. The van der Waals surface area contributed by atoms with E-state index >= 15 is 0 Å². The Morgan fingerprint density at radius 2 is 2.06 bits per heavy atom. The molecule has 4 nitrogen and oxygen atoms in total. The summed E-state index contributed by atoms with van der Waals surface area (Å²) in [5.41, 5.74) is 0.656. The van der Waals surface area contributed by atoms with Crippen molar-refractivity contribution in [3.05, 3.63) is 29.8 Å². The van der Waals surface area contributed by atoms with E-state index in [1.807, 2.05) is 26.0 Å². The maximum Gasteiger partial charge on any atom is 0.325 e. The van der Waals surface area contributed by atoms with E-state index in [4.69, 9.17) is 4.74 Å². The molecule has 2 N–H and O–H groups in total. The molecule has 1 unspecified atom stereocenters. The Kier molecular flexibility index (Phi) is 4.97. The van der Waals surface area contributed by atoms with Crippen LogP contribution in [-0.4, -0.2) is 24.7 Å². The molecule has 0 spiro atoms. The van der Waals surface area contributed by atoms with Gasteiger partial charge in [0.2, 0.25) is 0 Å². The van der Waals surface area contributed by atoms with Gasteiger partial charge in [0.05, 0.1) is 7.11 Å². The summed E-state index contributed by atoms with van der Waals surface area (Å²) >= 11 is 0. The highest BCUT2D eigenvalue weighted by Gasteiger charge is 2.22. The summed E-state index contributed by atoms with van der Waals surface area (Å²) in [6.07, 6.45) is 0. The van der Waals surface area contributed by atoms with Crippen molar-refractivity contribution in [3.8, 4) is 5.75 Å². The van der Waals surface area contributed by atoms with Crippen LogP contribution in [0.4, 0.5) is 0 Å². The number of hydrogen-bond donors (Lipinski definition) is 2. The van der Waals surface area contributed by atoms with Gasteiger partial charge in [0, 0.05) is 5.56 Å². The van der Waals surface area contributed by atoms with Gasteiger partial charge >= 0.3 is 5.97 Å². The predicted molar refractivity (Wildman–Crippen MR) is 66.2 cm³/mol. The number of aliphatic carboxylic acids is 1. The minimum Gasteiger partial charge on any atom is -0.496 e. The van der Waals surface area contributed by atoms with Gasteiger partial charge in [-0.25, -0.2) is 0 Å². The molecule has 0 aliphatic heterocycles. The Morgan fingerprint density at radius 3 is 2.59 bits per heavy atom. The number of para-hydroxylation sites is 1. The average Bonchev–Trinajstić information content (AvgIpc) is 2.29. The van der Waals surface area contributed by atoms with Crippen molar-refractivity contribution in [1.82, 2.24) is 5.32 Å². The summed E-state index contributed by atoms with van der Waals surface area (Å²) in [5.74, 6) is 0.0952. The fourth-order valence-corrected chi connectivity index (χ4v) is 1.59. The van der Waals surface area contributed by atoms with Crippen molar-refractivity contribution < 1.29 is 14.6 Å². The Bertz CT molecular complexity index is 377. The maximum absolute atomic E-state index is 11.3. The minimum atomic E-state index is -0.893. The number of methoxy groups -OCH3 is 1. The van der Waals surface area contributed by atoms with Crippen LogP contribution in [0.25, 0.3) is 0 Å². The van der Waals surface area contributed by atoms with E-state index < -0.39 is 12.0 Å². The number of carboxylic acids is 1. The van der Waals surface area contributed by atoms with Crippen molar-refractivity contribution in [2.45, 2.75) is 19.9 Å². The van der Waals surface area contributed by atoms with E-state index in [-0.39, 0.29) is 0 Å². The van der Waals surface area contributed by atoms with Crippen LogP contribution < -0.4 is 10.1 Å². The molecular formula is C13H19NO3. The number of carboxylic acid groups (broad SMARTS) is 1. The fourth-order valence-electron chi connectivity index (χ4n) is 1.59. The first kappa shape index (κ1) is 13.5. The van der Waals surface area contributed by atoms with Gasteiger partial charge in [-0.05, 0) is 18.5 Å².